The molecule has 0 aromatic heterocycles. The molecule has 5 nitrogen and oxygen atoms in total. The van der Waals surface area contributed by atoms with Crippen molar-refractivity contribution >= 4 is 34.0 Å². The summed E-state index contributed by atoms with van der Waals surface area (Å²) in [5.74, 6) is 0.504. The Morgan fingerprint density at radius 2 is 1.78 bits per heavy atom. The molecular weight excluding hydrogens is 340 g/mol. The highest BCUT2D eigenvalue weighted by Crippen LogP contribution is 2.31. The topological polar surface area (TPSA) is 49.9 Å². The lowest BCUT2D eigenvalue weighted by molar-refractivity contribution is -0.121. The summed E-state index contributed by atoms with van der Waals surface area (Å²) in [6, 6.07) is 21.4. The number of ether oxygens (including phenoxy) is 1. The lowest BCUT2D eigenvalue weighted by Crippen LogP contribution is -2.41. The van der Waals surface area contributed by atoms with Gasteiger partial charge in [-0.3, -0.25) is 9.59 Å². The Hall–Kier alpha value is -3.34. The number of benzene rings is 3. The lowest BCUT2D eigenvalue weighted by atomic mass is 10.1. The fraction of sp³-hybridized carbons (Fsp3) is 0.182. The quantitative estimate of drug-likeness (QED) is 0.714. The smallest absolute Gasteiger partial charge is 0.265 e. The fourth-order valence-electron chi connectivity index (χ4n) is 3.30. The van der Waals surface area contributed by atoms with Gasteiger partial charge >= 0.3 is 0 Å². The van der Waals surface area contributed by atoms with Crippen LogP contribution in [-0.4, -0.2) is 32.0 Å². The number of nitrogens with zero attached hydrogens (tertiary/aromatic N) is 2. The van der Waals surface area contributed by atoms with Gasteiger partial charge in [0.25, 0.3) is 5.91 Å². The second-order valence-corrected chi connectivity index (χ2v) is 6.54. The molecule has 4 rings (SSSR count). The van der Waals surface area contributed by atoms with E-state index in [9.17, 15) is 9.59 Å². The van der Waals surface area contributed by atoms with E-state index in [1.54, 1.807) is 16.8 Å². The Kier molecular flexibility index (Phi) is 4.50. The molecule has 0 saturated heterocycles. The van der Waals surface area contributed by atoms with E-state index in [4.69, 9.17) is 4.74 Å². The largest absolute Gasteiger partial charge is 0.482 e. The van der Waals surface area contributed by atoms with Gasteiger partial charge in [0.1, 0.15) is 5.75 Å². The molecule has 0 unspecified atom stereocenters. The van der Waals surface area contributed by atoms with E-state index in [1.165, 1.54) is 0 Å². The molecule has 0 spiro atoms. The van der Waals surface area contributed by atoms with Gasteiger partial charge in [-0.1, -0.05) is 42.5 Å². The number of amides is 2. The van der Waals surface area contributed by atoms with Crippen molar-refractivity contribution in [3.63, 3.8) is 0 Å². The van der Waals surface area contributed by atoms with Gasteiger partial charge in [-0.05, 0) is 35.0 Å². The molecule has 3 aromatic rings. The van der Waals surface area contributed by atoms with Crippen LogP contribution >= 0.6 is 0 Å². The molecule has 27 heavy (non-hydrogen) atoms. The third-order valence-electron chi connectivity index (χ3n) is 4.85. The van der Waals surface area contributed by atoms with E-state index in [2.05, 4.69) is 0 Å². The van der Waals surface area contributed by atoms with Crippen molar-refractivity contribution in [2.75, 3.05) is 30.0 Å². The summed E-state index contributed by atoms with van der Waals surface area (Å²) in [5.41, 5.74) is 1.56. The maximum absolute atomic E-state index is 12.7. The van der Waals surface area contributed by atoms with Crippen LogP contribution in [0.5, 0.6) is 5.75 Å². The highest BCUT2D eigenvalue weighted by molar-refractivity contribution is 6.00. The monoisotopic (exact) mass is 360 g/mol. The maximum atomic E-state index is 12.7. The minimum absolute atomic E-state index is 0.00567. The van der Waals surface area contributed by atoms with E-state index in [-0.39, 0.29) is 24.8 Å². The van der Waals surface area contributed by atoms with Crippen molar-refractivity contribution in [1.29, 1.82) is 0 Å². The maximum Gasteiger partial charge on any atom is 0.265 e. The Morgan fingerprint density at radius 1 is 1.04 bits per heavy atom. The molecule has 0 N–H and O–H groups in total. The Labute approximate surface area is 157 Å². The molecule has 0 fully saturated rings. The SMILES string of the molecule is CN(C(=O)CCN1C(=O)COc2ccccc21)c1ccc2ccccc2c1. The minimum atomic E-state index is -0.130. The second-order valence-electron chi connectivity index (χ2n) is 6.54. The number of para-hydroxylation sites is 2. The number of rotatable bonds is 4. The van der Waals surface area contributed by atoms with E-state index >= 15 is 0 Å². The third kappa shape index (κ3) is 3.36. The van der Waals surface area contributed by atoms with Crippen LogP contribution in [0.2, 0.25) is 0 Å². The molecule has 0 radical (unpaired) electrons. The highest BCUT2D eigenvalue weighted by atomic mass is 16.5. The highest BCUT2D eigenvalue weighted by Gasteiger charge is 2.26. The summed E-state index contributed by atoms with van der Waals surface area (Å²) >= 11 is 0. The van der Waals surface area contributed by atoms with Crippen molar-refractivity contribution < 1.29 is 14.3 Å². The zero-order valence-electron chi connectivity index (χ0n) is 15.1. The average Bonchev–Trinajstić information content (AvgIpc) is 2.72. The molecule has 0 saturated carbocycles. The predicted molar refractivity (Wildman–Crippen MR) is 106 cm³/mol. The molecular formula is C22H20N2O3. The summed E-state index contributed by atoms with van der Waals surface area (Å²) in [6.45, 7) is 0.335. The van der Waals surface area contributed by atoms with Crippen molar-refractivity contribution in [1.82, 2.24) is 0 Å². The summed E-state index contributed by atoms with van der Waals surface area (Å²) in [7, 11) is 1.77. The molecule has 2 amide bonds. The van der Waals surface area contributed by atoms with Gasteiger partial charge in [0.05, 0.1) is 5.69 Å². The molecule has 5 heteroatoms. The number of hydrogen-bond donors (Lipinski definition) is 0. The Morgan fingerprint density at radius 3 is 2.63 bits per heavy atom. The van der Waals surface area contributed by atoms with Crippen LogP contribution < -0.4 is 14.5 Å². The van der Waals surface area contributed by atoms with Gasteiger partial charge in [0, 0.05) is 25.7 Å². The van der Waals surface area contributed by atoms with Gasteiger partial charge in [-0.25, -0.2) is 0 Å². The van der Waals surface area contributed by atoms with Crippen LogP contribution in [-0.2, 0) is 9.59 Å². The fourth-order valence-corrected chi connectivity index (χ4v) is 3.30. The average molecular weight is 360 g/mol. The Balaban J connectivity index is 1.48. The minimum Gasteiger partial charge on any atom is -0.482 e. The van der Waals surface area contributed by atoms with Gasteiger partial charge in [-0.15, -0.1) is 0 Å². The summed E-state index contributed by atoms with van der Waals surface area (Å²) in [6.07, 6.45) is 0.239. The van der Waals surface area contributed by atoms with Gasteiger partial charge in [0.15, 0.2) is 6.61 Å². The predicted octanol–water partition coefficient (Wildman–Crippen LogP) is 3.62. The van der Waals surface area contributed by atoms with Crippen molar-refractivity contribution in [3.8, 4) is 5.75 Å². The van der Waals surface area contributed by atoms with Crippen LogP contribution in [0.1, 0.15) is 6.42 Å². The van der Waals surface area contributed by atoms with Gasteiger partial charge < -0.3 is 14.5 Å². The first-order chi connectivity index (χ1) is 13.1. The zero-order chi connectivity index (χ0) is 18.8. The molecule has 136 valence electrons. The summed E-state index contributed by atoms with van der Waals surface area (Å²) in [5, 5.41) is 2.23. The summed E-state index contributed by atoms with van der Waals surface area (Å²) in [4.78, 5) is 28.2. The standard InChI is InChI=1S/C22H20N2O3/c1-23(18-11-10-16-6-2-3-7-17(16)14-18)21(25)12-13-24-19-8-4-5-9-20(19)27-15-22(24)26/h2-11,14H,12-13,15H2,1H3. The van der Waals surface area contributed by atoms with E-state index in [1.807, 2.05) is 66.7 Å². The third-order valence-corrected chi connectivity index (χ3v) is 4.85. The number of anilines is 2. The number of fused-ring (bicyclic) bond motifs is 2. The second kappa shape index (κ2) is 7.11. The van der Waals surface area contributed by atoms with E-state index in [0.29, 0.717) is 12.3 Å². The molecule has 1 heterocycles. The summed E-state index contributed by atoms with van der Waals surface area (Å²) < 4.78 is 5.44. The number of carbonyl (C=O) groups excluding carboxylic acids is 2. The normalized spacial score (nSPS) is 13.2. The van der Waals surface area contributed by atoms with Gasteiger partial charge in [-0.2, -0.15) is 0 Å². The van der Waals surface area contributed by atoms with E-state index in [0.717, 1.165) is 22.1 Å². The number of hydrogen-bond acceptors (Lipinski definition) is 3. The molecule has 0 atom stereocenters. The van der Waals surface area contributed by atoms with Crippen molar-refractivity contribution in [2.24, 2.45) is 0 Å². The lowest BCUT2D eigenvalue weighted by Gasteiger charge is -2.29. The number of carbonyl (C=O) groups is 2. The molecule has 0 bridgehead atoms. The molecule has 0 aliphatic carbocycles. The first-order valence-corrected chi connectivity index (χ1v) is 8.91. The molecule has 1 aliphatic rings. The van der Waals surface area contributed by atoms with Crippen molar-refractivity contribution in [3.05, 3.63) is 66.7 Å². The first kappa shape index (κ1) is 17.1. The van der Waals surface area contributed by atoms with Crippen molar-refractivity contribution in [2.45, 2.75) is 6.42 Å². The van der Waals surface area contributed by atoms with Crippen LogP contribution in [0.15, 0.2) is 66.7 Å². The molecule has 1 aliphatic heterocycles. The van der Waals surface area contributed by atoms with Crippen LogP contribution in [0.25, 0.3) is 10.8 Å². The van der Waals surface area contributed by atoms with E-state index < -0.39 is 0 Å². The van der Waals surface area contributed by atoms with Crippen LogP contribution in [0.3, 0.4) is 0 Å². The van der Waals surface area contributed by atoms with Crippen LogP contribution in [0.4, 0.5) is 11.4 Å². The van der Waals surface area contributed by atoms with Gasteiger partial charge in [0.2, 0.25) is 5.91 Å². The zero-order valence-corrected chi connectivity index (χ0v) is 15.1. The van der Waals surface area contributed by atoms with Crippen LogP contribution in [0, 0.1) is 0 Å². The molecule has 3 aromatic carbocycles. The first-order valence-electron chi connectivity index (χ1n) is 8.91. The Bertz CT molecular complexity index is 1020.